The Balaban J connectivity index is 2.24. The molecule has 2 aromatic rings. The van der Waals surface area contributed by atoms with E-state index in [0.717, 1.165) is 11.3 Å². The molecule has 0 bridgehead atoms. The molecular weight excluding hydrogens is 276 g/mol. The minimum absolute atomic E-state index is 0.0485. The summed E-state index contributed by atoms with van der Waals surface area (Å²) in [5.41, 5.74) is 1.91. The van der Waals surface area contributed by atoms with Crippen LogP contribution in [0.2, 0.25) is 5.02 Å². The average Bonchev–Trinajstić information content (AvgIpc) is 2.50. The Morgan fingerprint density at radius 3 is 2.65 bits per heavy atom. The first-order valence-corrected chi connectivity index (χ1v) is 6.56. The fraction of sp³-hybridized carbons (Fsp3) is 0.200. The number of benzene rings is 1. The second-order valence-electron chi connectivity index (χ2n) is 4.23. The zero-order valence-corrected chi connectivity index (χ0v) is 11.8. The molecule has 1 unspecified atom stereocenters. The van der Waals surface area contributed by atoms with Crippen LogP contribution in [0.4, 0.5) is 4.79 Å². The van der Waals surface area contributed by atoms with E-state index in [2.05, 4.69) is 15.0 Å². The molecule has 104 valence electrons. The number of amides is 1. The van der Waals surface area contributed by atoms with Crippen LogP contribution in [-0.2, 0) is 4.74 Å². The zero-order valence-electron chi connectivity index (χ0n) is 11.0. The van der Waals surface area contributed by atoms with Crippen molar-refractivity contribution in [1.82, 2.24) is 10.3 Å². The van der Waals surface area contributed by atoms with Crippen molar-refractivity contribution in [3.05, 3.63) is 64.9 Å². The number of hydrogen-bond donors (Lipinski definition) is 1. The normalized spacial score (nSPS) is 11.7. The van der Waals surface area contributed by atoms with Crippen molar-refractivity contribution in [3.8, 4) is 0 Å². The van der Waals surface area contributed by atoms with Gasteiger partial charge in [-0.1, -0.05) is 29.8 Å². The maximum absolute atomic E-state index is 11.3. The van der Waals surface area contributed by atoms with Crippen LogP contribution in [-0.4, -0.2) is 24.7 Å². The van der Waals surface area contributed by atoms with E-state index in [9.17, 15) is 4.79 Å². The number of methoxy groups -OCH3 is 1. The quantitative estimate of drug-likeness (QED) is 0.940. The minimum Gasteiger partial charge on any atom is -0.453 e. The Morgan fingerprint density at radius 1 is 1.30 bits per heavy atom. The monoisotopic (exact) mass is 290 g/mol. The van der Waals surface area contributed by atoms with Gasteiger partial charge >= 0.3 is 6.09 Å². The van der Waals surface area contributed by atoms with E-state index in [4.69, 9.17) is 11.6 Å². The summed E-state index contributed by atoms with van der Waals surface area (Å²) in [5.74, 6) is -0.0485. The van der Waals surface area contributed by atoms with Gasteiger partial charge in [-0.15, -0.1) is 0 Å². The van der Waals surface area contributed by atoms with Crippen molar-refractivity contribution in [2.75, 3.05) is 13.7 Å². The van der Waals surface area contributed by atoms with Gasteiger partial charge in [0.25, 0.3) is 0 Å². The first kappa shape index (κ1) is 14.3. The van der Waals surface area contributed by atoms with Crippen molar-refractivity contribution in [2.24, 2.45) is 0 Å². The Morgan fingerprint density at radius 2 is 2.05 bits per heavy atom. The van der Waals surface area contributed by atoms with Crippen molar-refractivity contribution < 1.29 is 9.53 Å². The molecule has 4 nitrogen and oxygen atoms in total. The number of nitrogens with zero attached hydrogens (tertiary/aromatic N) is 1. The van der Waals surface area contributed by atoms with E-state index in [1.165, 1.54) is 7.11 Å². The van der Waals surface area contributed by atoms with Crippen LogP contribution in [0.25, 0.3) is 0 Å². The van der Waals surface area contributed by atoms with E-state index in [1.54, 1.807) is 6.20 Å². The van der Waals surface area contributed by atoms with Crippen molar-refractivity contribution >= 4 is 17.7 Å². The van der Waals surface area contributed by atoms with Crippen LogP contribution in [0.1, 0.15) is 17.2 Å². The van der Waals surface area contributed by atoms with Gasteiger partial charge in [0.15, 0.2) is 0 Å². The van der Waals surface area contributed by atoms with E-state index in [-0.39, 0.29) is 5.92 Å². The van der Waals surface area contributed by atoms with Crippen molar-refractivity contribution in [2.45, 2.75) is 5.92 Å². The summed E-state index contributed by atoms with van der Waals surface area (Å²) in [7, 11) is 1.34. The first-order chi connectivity index (χ1) is 9.70. The number of alkyl carbamates (subject to hydrolysis) is 1. The molecule has 1 N–H and O–H groups in total. The van der Waals surface area contributed by atoms with Crippen LogP contribution in [0.15, 0.2) is 48.7 Å². The Labute approximate surface area is 122 Å². The van der Waals surface area contributed by atoms with Gasteiger partial charge in [0, 0.05) is 29.4 Å². The second kappa shape index (κ2) is 6.91. The molecule has 1 heterocycles. The van der Waals surface area contributed by atoms with E-state index in [0.29, 0.717) is 11.6 Å². The smallest absolute Gasteiger partial charge is 0.406 e. The number of ether oxygens (including phenoxy) is 1. The number of nitrogens with one attached hydrogen (secondary N) is 1. The predicted molar refractivity (Wildman–Crippen MR) is 77.9 cm³/mol. The van der Waals surface area contributed by atoms with Crippen LogP contribution in [0.5, 0.6) is 0 Å². The third kappa shape index (κ3) is 3.71. The molecule has 0 saturated heterocycles. The topological polar surface area (TPSA) is 51.2 Å². The minimum atomic E-state index is -0.458. The Hall–Kier alpha value is -2.07. The third-order valence-corrected chi connectivity index (χ3v) is 3.21. The van der Waals surface area contributed by atoms with Gasteiger partial charge in [0.1, 0.15) is 0 Å². The van der Waals surface area contributed by atoms with Gasteiger partial charge in [-0.2, -0.15) is 0 Å². The summed E-state index contributed by atoms with van der Waals surface area (Å²) in [4.78, 5) is 15.6. The molecule has 2 rings (SSSR count). The van der Waals surface area contributed by atoms with Crippen LogP contribution >= 0.6 is 11.6 Å². The maximum Gasteiger partial charge on any atom is 0.406 e. The van der Waals surface area contributed by atoms with Crippen LogP contribution in [0, 0.1) is 0 Å². The SMILES string of the molecule is COC(=O)NCC(c1ccc(Cl)cc1)c1ccccn1. The molecule has 0 aliphatic carbocycles. The number of carbonyl (C=O) groups excluding carboxylic acids is 1. The van der Waals surface area contributed by atoms with Crippen LogP contribution in [0.3, 0.4) is 0 Å². The summed E-state index contributed by atoms with van der Waals surface area (Å²) in [6, 6.07) is 13.2. The Kier molecular flexibility index (Phi) is 4.96. The van der Waals surface area contributed by atoms with Gasteiger partial charge in [-0.3, -0.25) is 4.98 Å². The number of pyridine rings is 1. The highest BCUT2D eigenvalue weighted by Gasteiger charge is 2.16. The molecular formula is C15H15ClN2O2. The van der Waals surface area contributed by atoms with Crippen LogP contribution < -0.4 is 5.32 Å². The summed E-state index contributed by atoms with van der Waals surface area (Å²) in [6.07, 6.45) is 1.27. The summed E-state index contributed by atoms with van der Waals surface area (Å²) in [5, 5.41) is 3.39. The lowest BCUT2D eigenvalue weighted by molar-refractivity contribution is 0.170. The predicted octanol–water partition coefficient (Wildman–Crippen LogP) is 3.22. The molecule has 0 fully saturated rings. The molecule has 0 aliphatic rings. The van der Waals surface area contributed by atoms with Crippen molar-refractivity contribution in [3.63, 3.8) is 0 Å². The highest BCUT2D eigenvalue weighted by atomic mass is 35.5. The molecule has 5 heteroatoms. The van der Waals surface area contributed by atoms with Crippen molar-refractivity contribution in [1.29, 1.82) is 0 Å². The van der Waals surface area contributed by atoms with Gasteiger partial charge in [0.05, 0.1) is 7.11 Å². The van der Waals surface area contributed by atoms with Gasteiger partial charge < -0.3 is 10.1 Å². The number of aromatic nitrogens is 1. The Bertz CT molecular complexity index is 558. The largest absolute Gasteiger partial charge is 0.453 e. The van der Waals surface area contributed by atoms with E-state index < -0.39 is 6.09 Å². The summed E-state index contributed by atoms with van der Waals surface area (Å²) >= 11 is 5.91. The fourth-order valence-corrected chi connectivity index (χ4v) is 2.05. The number of hydrogen-bond acceptors (Lipinski definition) is 3. The molecule has 0 radical (unpaired) electrons. The van der Waals surface area contributed by atoms with E-state index in [1.807, 2.05) is 42.5 Å². The molecule has 1 aromatic carbocycles. The third-order valence-electron chi connectivity index (χ3n) is 2.95. The highest BCUT2D eigenvalue weighted by molar-refractivity contribution is 6.30. The molecule has 0 saturated carbocycles. The number of carbonyl (C=O) groups is 1. The lowest BCUT2D eigenvalue weighted by Gasteiger charge is -2.17. The van der Waals surface area contributed by atoms with E-state index >= 15 is 0 Å². The molecule has 20 heavy (non-hydrogen) atoms. The molecule has 1 atom stereocenters. The lowest BCUT2D eigenvalue weighted by Crippen LogP contribution is -2.29. The van der Waals surface area contributed by atoms with Gasteiger partial charge in [-0.25, -0.2) is 4.79 Å². The fourth-order valence-electron chi connectivity index (χ4n) is 1.93. The zero-order chi connectivity index (χ0) is 14.4. The summed E-state index contributed by atoms with van der Waals surface area (Å²) < 4.78 is 4.60. The van der Waals surface area contributed by atoms with Gasteiger partial charge in [-0.05, 0) is 29.8 Å². The summed E-state index contributed by atoms with van der Waals surface area (Å²) in [6.45, 7) is 0.408. The first-order valence-electron chi connectivity index (χ1n) is 6.19. The molecule has 1 aromatic heterocycles. The number of halogens is 1. The lowest BCUT2D eigenvalue weighted by atomic mass is 9.95. The standard InChI is InChI=1S/C15H15ClN2O2/c1-20-15(19)18-10-13(14-4-2-3-9-17-14)11-5-7-12(16)8-6-11/h2-9,13H,10H2,1H3,(H,18,19). The highest BCUT2D eigenvalue weighted by Crippen LogP contribution is 2.23. The molecule has 0 spiro atoms. The molecule has 0 aliphatic heterocycles. The maximum atomic E-state index is 11.3. The van der Waals surface area contributed by atoms with Gasteiger partial charge in [0.2, 0.25) is 0 Å². The molecule has 1 amide bonds. The average molecular weight is 291 g/mol. The second-order valence-corrected chi connectivity index (χ2v) is 4.67. The number of rotatable bonds is 4.